The van der Waals surface area contributed by atoms with Crippen LogP contribution in [0.2, 0.25) is 0 Å². The van der Waals surface area contributed by atoms with Crippen LogP contribution >= 0.6 is 0 Å². The van der Waals surface area contributed by atoms with E-state index in [1.807, 2.05) is 6.07 Å². The van der Waals surface area contributed by atoms with E-state index in [1.165, 1.54) is 0 Å². The van der Waals surface area contributed by atoms with Crippen molar-refractivity contribution in [1.29, 1.82) is 0 Å². The molecule has 1 aromatic rings. The molecule has 5 heteroatoms. The van der Waals surface area contributed by atoms with Gasteiger partial charge < -0.3 is 14.8 Å². The van der Waals surface area contributed by atoms with E-state index in [4.69, 9.17) is 9.47 Å². The van der Waals surface area contributed by atoms with E-state index in [0.29, 0.717) is 18.3 Å². The van der Waals surface area contributed by atoms with Gasteiger partial charge >= 0.3 is 5.97 Å². The lowest BCUT2D eigenvalue weighted by atomic mass is 10.3. The minimum absolute atomic E-state index is 0.0938. The smallest absolute Gasteiger partial charge is 0.344 e. The number of esters is 1. The van der Waals surface area contributed by atoms with Crippen LogP contribution in [-0.4, -0.2) is 29.7 Å². The Morgan fingerprint density at radius 3 is 2.58 bits per heavy atom. The summed E-state index contributed by atoms with van der Waals surface area (Å²) >= 11 is 0. The van der Waals surface area contributed by atoms with Gasteiger partial charge in [0.15, 0.2) is 6.61 Å². The second kappa shape index (κ2) is 7.74. The van der Waals surface area contributed by atoms with Crippen LogP contribution in [0.3, 0.4) is 0 Å². The van der Waals surface area contributed by atoms with Crippen LogP contribution in [0.15, 0.2) is 18.3 Å². The van der Waals surface area contributed by atoms with Crippen molar-refractivity contribution in [2.45, 2.75) is 46.4 Å². The van der Waals surface area contributed by atoms with Crippen molar-refractivity contribution in [3.05, 3.63) is 24.0 Å². The Morgan fingerprint density at radius 1 is 1.32 bits per heavy atom. The molecule has 1 rings (SSSR count). The summed E-state index contributed by atoms with van der Waals surface area (Å²) in [4.78, 5) is 15.5. The summed E-state index contributed by atoms with van der Waals surface area (Å²) in [6.07, 6.45) is 1.48. The van der Waals surface area contributed by atoms with E-state index in [1.54, 1.807) is 26.1 Å². The molecular weight excluding hydrogens is 244 g/mol. The molecule has 0 spiro atoms. The molecule has 106 valence electrons. The Hall–Kier alpha value is -1.62. The van der Waals surface area contributed by atoms with Crippen LogP contribution in [0.25, 0.3) is 0 Å². The van der Waals surface area contributed by atoms with Gasteiger partial charge in [-0.1, -0.05) is 13.8 Å². The van der Waals surface area contributed by atoms with Crippen molar-refractivity contribution in [2.75, 3.05) is 6.61 Å². The number of ether oxygens (including phenoxy) is 2. The van der Waals surface area contributed by atoms with Crippen molar-refractivity contribution in [2.24, 2.45) is 0 Å². The van der Waals surface area contributed by atoms with Gasteiger partial charge in [0.2, 0.25) is 0 Å². The molecule has 0 saturated heterocycles. The quantitative estimate of drug-likeness (QED) is 0.764. The molecule has 0 saturated carbocycles. The number of carbonyl (C=O) groups is 1. The van der Waals surface area contributed by atoms with E-state index in [2.05, 4.69) is 24.1 Å². The fourth-order valence-electron chi connectivity index (χ4n) is 1.35. The second-order valence-electron chi connectivity index (χ2n) is 4.85. The molecular formula is C14H22N2O3. The van der Waals surface area contributed by atoms with Crippen molar-refractivity contribution in [3.8, 4) is 5.75 Å². The van der Waals surface area contributed by atoms with Gasteiger partial charge in [0.25, 0.3) is 0 Å². The third kappa shape index (κ3) is 6.76. The maximum atomic E-state index is 11.3. The molecule has 0 aliphatic carbocycles. The summed E-state index contributed by atoms with van der Waals surface area (Å²) in [5.74, 6) is 0.189. The molecule has 1 aromatic heterocycles. The van der Waals surface area contributed by atoms with E-state index >= 15 is 0 Å². The van der Waals surface area contributed by atoms with E-state index in [-0.39, 0.29) is 18.7 Å². The van der Waals surface area contributed by atoms with E-state index in [0.717, 1.165) is 5.69 Å². The highest BCUT2D eigenvalue weighted by atomic mass is 16.6. The minimum atomic E-state index is -0.374. The van der Waals surface area contributed by atoms with Gasteiger partial charge in [0.1, 0.15) is 5.75 Å². The van der Waals surface area contributed by atoms with Crippen molar-refractivity contribution in [1.82, 2.24) is 10.3 Å². The van der Waals surface area contributed by atoms with Crippen molar-refractivity contribution in [3.63, 3.8) is 0 Å². The Labute approximate surface area is 114 Å². The Kier molecular flexibility index (Phi) is 6.29. The lowest BCUT2D eigenvalue weighted by molar-refractivity contribution is -0.149. The summed E-state index contributed by atoms with van der Waals surface area (Å²) < 4.78 is 10.3. The highest BCUT2D eigenvalue weighted by molar-refractivity contribution is 5.71. The van der Waals surface area contributed by atoms with Crippen LogP contribution < -0.4 is 10.1 Å². The monoisotopic (exact) mass is 266 g/mol. The highest BCUT2D eigenvalue weighted by Gasteiger charge is 2.06. The van der Waals surface area contributed by atoms with Gasteiger partial charge in [-0.05, 0) is 26.0 Å². The van der Waals surface area contributed by atoms with Gasteiger partial charge in [0, 0.05) is 12.6 Å². The number of rotatable bonds is 7. The lowest BCUT2D eigenvalue weighted by Crippen LogP contribution is -2.22. The third-order valence-corrected chi connectivity index (χ3v) is 2.21. The first-order valence-electron chi connectivity index (χ1n) is 6.48. The number of aromatic nitrogens is 1. The van der Waals surface area contributed by atoms with Crippen molar-refractivity contribution < 1.29 is 14.3 Å². The molecule has 0 unspecified atom stereocenters. The van der Waals surface area contributed by atoms with Gasteiger partial charge in [-0.25, -0.2) is 4.79 Å². The van der Waals surface area contributed by atoms with Crippen LogP contribution in [0.4, 0.5) is 0 Å². The maximum absolute atomic E-state index is 11.3. The molecule has 0 radical (unpaired) electrons. The predicted octanol–water partition coefficient (Wildman–Crippen LogP) is 1.91. The zero-order chi connectivity index (χ0) is 14.3. The lowest BCUT2D eigenvalue weighted by Gasteiger charge is -2.10. The molecule has 1 N–H and O–H groups in total. The molecule has 19 heavy (non-hydrogen) atoms. The summed E-state index contributed by atoms with van der Waals surface area (Å²) in [5, 5.41) is 3.28. The summed E-state index contributed by atoms with van der Waals surface area (Å²) in [7, 11) is 0. The number of hydrogen-bond acceptors (Lipinski definition) is 5. The van der Waals surface area contributed by atoms with Crippen LogP contribution in [0.5, 0.6) is 5.75 Å². The normalized spacial score (nSPS) is 10.8. The Morgan fingerprint density at radius 2 is 2.05 bits per heavy atom. The van der Waals surface area contributed by atoms with Crippen LogP contribution in [0, 0.1) is 0 Å². The number of pyridine rings is 1. The Bertz CT molecular complexity index is 388. The zero-order valence-corrected chi connectivity index (χ0v) is 12.0. The summed E-state index contributed by atoms with van der Waals surface area (Å²) in [5.41, 5.74) is 0.936. The first-order valence-corrected chi connectivity index (χ1v) is 6.48. The zero-order valence-electron chi connectivity index (χ0n) is 12.0. The maximum Gasteiger partial charge on any atom is 0.344 e. The Balaban J connectivity index is 2.37. The second-order valence-corrected chi connectivity index (χ2v) is 4.85. The van der Waals surface area contributed by atoms with Gasteiger partial charge in [-0.15, -0.1) is 0 Å². The fraction of sp³-hybridized carbons (Fsp3) is 0.571. The minimum Gasteiger partial charge on any atom is -0.480 e. The SMILES string of the molecule is CC(C)NCc1ccc(OCC(=O)OC(C)C)cn1. The predicted molar refractivity (Wildman–Crippen MR) is 72.9 cm³/mol. The molecule has 0 amide bonds. The first-order chi connectivity index (χ1) is 8.97. The van der Waals surface area contributed by atoms with Crippen LogP contribution in [-0.2, 0) is 16.1 Å². The number of nitrogens with zero attached hydrogens (tertiary/aromatic N) is 1. The topological polar surface area (TPSA) is 60.5 Å². The van der Waals surface area contributed by atoms with E-state index < -0.39 is 0 Å². The summed E-state index contributed by atoms with van der Waals surface area (Å²) in [6.45, 7) is 8.39. The standard InChI is InChI=1S/C14H22N2O3/c1-10(2)15-7-12-5-6-13(8-16-12)18-9-14(17)19-11(3)4/h5-6,8,10-11,15H,7,9H2,1-4H3. The first kappa shape index (κ1) is 15.4. The molecule has 0 aliphatic rings. The van der Waals surface area contributed by atoms with Crippen LogP contribution in [0.1, 0.15) is 33.4 Å². The molecule has 0 fully saturated rings. The molecule has 0 aliphatic heterocycles. The fourth-order valence-corrected chi connectivity index (χ4v) is 1.35. The van der Waals surface area contributed by atoms with Gasteiger partial charge in [0.05, 0.1) is 18.0 Å². The van der Waals surface area contributed by atoms with Gasteiger partial charge in [-0.3, -0.25) is 4.98 Å². The van der Waals surface area contributed by atoms with Gasteiger partial charge in [-0.2, -0.15) is 0 Å². The van der Waals surface area contributed by atoms with E-state index in [9.17, 15) is 4.79 Å². The number of hydrogen-bond donors (Lipinski definition) is 1. The third-order valence-electron chi connectivity index (χ3n) is 2.21. The van der Waals surface area contributed by atoms with Crippen molar-refractivity contribution >= 4 is 5.97 Å². The average molecular weight is 266 g/mol. The highest BCUT2D eigenvalue weighted by Crippen LogP contribution is 2.09. The number of nitrogens with one attached hydrogen (secondary N) is 1. The molecule has 0 atom stereocenters. The molecule has 5 nitrogen and oxygen atoms in total. The summed E-state index contributed by atoms with van der Waals surface area (Å²) in [6, 6.07) is 4.09. The average Bonchev–Trinajstić information content (AvgIpc) is 2.34. The molecule has 0 bridgehead atoms. The largest absolute Gasteiger partial charge is 0.480 e. The molecule has 1 heterocycles. The molecule has 0 aromatic carbocycles. The number of carbonyl (C=O) groups excluding carboxylic acids is 1.